The fourth-order valence-corrected chi connectivity index (χ4v) is 3.99. The zero-order valence-electron chi connectivity index (χ0n) is 15.8. The van der Waals surface area contributed by atoms with Gasteiger partial charge in [0.15, 0.2) is 0 Å². The molecule has 28 heavy (non-hydrogen) atoms. The van der Waals surface area contributed by atoms with E-state index in [1.165, 1.54) is 28.8 Å². The highest BCUT2D eigenvalue weighted by molar-refractivity contribution is 5.27. The maximum Gasteiger partial charge on any atom is 0.274 e. The number of nitrogens with zero attached hydrogens (tertiary/aromatic N) is 4. The number of fused-ring (bicyclic) bond motifs is 1. The lowest BCUT2D eigenvalue weighted by molar-refractivity contribution is 0.160. The Bertz CT molecular complexity index is 1020. The van der Waals surface area contributed by atoms with Gasteiger partial charge in [-0.15, -0.1) is 0 Å². The molecular formula is C20H23F2N5O. The molecule has 1 N–H and O–H groups in total. The molecule has 1 atom stereocenters. The topological polar surface area (TPSA) is 66.3 Å². The van der Waals surface area contributed by atoms with Crippen LogP contribution in [0, 0.1) is 24.5 Å². The van der Waals surface area contributed by atoms with Crippen LogP contribution in [0.25, 0.3) is 5.78 Å². The molecule has 0 unspecified atom stereocenters. The average Bonchev–Trinajstić information content (AvgIpc) is 3.02. The Kier molecular flexibility index (Phi) is 5.21. The first-order valence-corrected chi connectivity index (χ1v) is 9.60. The fraction of sp³-hybridized carbons (Fsp3) is 0.450. The molecule has 0 aliphatic carbocycles. The summed E-state index contributed by atoms with van der Waals surface area (Å²) in [6, 6.07) is 5.54. The Morgan fingerprint density at radius 1 is 1.25 bits per heavy atom. The van der Waals surface area contributed by atoms with E-state index in [2.05, 4.69) is 20.0 Å². The first kappa shape index (κ1) is 18.7. The summed E-state index contributed by atoms with van der Waals surface area (Å²) in [5.74, 6) is 0.439. The van der Waals surface area contributed by atoms with E-state index in [1.807, 2.05) is 0 Å². The SMILES string of the molecule is Cc1nc2nc(CN3CCC[C@@H](CCc4c(F)cccc4F)C3)cc(=O)n2[nH]1. The lowest BCUT2D eigenvalue weighted by atomic mass is 9.91. The largest absolute Gasteiger partial charge is 0.297 e. The third-order valence-corrected chi connectivity index (χ3v) is 5.35. The first-order valence-electron chi connectivity index (χ1n) is 9.60. The number of hydrogen-bond acceptors (Lipinski definition) is 4. The number of H-pyrrole nitrogens is 1. The molecule has 8 heteroatoms. The molecular weight excluding hydrogens is 364 g/mol. The zero-order valence-corrected chi connectivity index (χ0v) is 15.8. The highest BCUT2D eigenvalue weighted by Crippen LogP contribution is 2.24. The molecule has 0 amide bonds. The summed E-state index contributed by atoms with van der Waals surface area (Å²) in [6.45, 7) is 4.10. The van der Waals surface area contributed by atoms with E-state index < -0.39 is 11.6 Å². The number of benzene rings is 1. The molecule has 3 heterocycles. The Balaban J connectivity index is 1.41. The van der Waals surface area contributed by atoms with Gasteiger partial charge >= 0.3 is 0 Å². The van der Waals surface area contributed by atoms with Gasteiger partial charge in [0.1, 0.15) is 17.5 Å². The van der Waals surface area contributed by atoms with Gasteiger partial charge in [-0.2, -0.15) is 9.50 Å². The van der Waals surface area contributed by atoms with Crippen LogP contribution in [0.4, 0.5) is 8.78 Å². The third-order valence-electron chi connectivity index (χ3n) is 5.35. The van der Waals surface area contributed by atoms with E-state index >= 15 is 0 Å². The highest BCUT2D eigenvalue weighted by atomic mass is 19.1. The molecule has 0 radical (unpaired) electrons. The fourth-order valence-electron chi connectivity index (χ4n) is 3.99. The van der Waals surface area contributed by atoms with Crippen molar-refractivity contribution in [3.05, 3.63) is 63.3 Å². The van der Waals surface area contributed by atoms with Gasteiger partial charge < -0.3 is 0 Å². The maximum atomic E-state index is 13.8. The number of rotatable bonds is 5. The smallest absolute Gasteiger partial charge is 0.274 e. The molecule has 1 fully saturated rings. The molecule has 1 aliphatic heterocycles. The second kappa shape index (κ2) is 7.79. The van der Waals surface area contributed by atoms with Crippen molar-refractivity contribution in [1.82, 2.24) is 24.5 Å². The summed E-state index contributed by atoms with van der Waals surface area (Å²) in [6.07, 6.45) is 3.20. The minimum absolute atomic E-state index is 0.175. The number of piperidine rings is 1. The molecule has 2 aromatic heterocycles. The van der Waals surface area contributed by atoms with E-state index in [4.69, 9.17) is 0 Å². The van der Waals surface area contributed by atoms with Crippen molar-refractivity contribution in [3.63, 3.8) is 0 Å². The average molecular weight is 387 g/mol. The number of aromatic amines is 1. The number of aryl methyl sites for hydroxylation is 1. The van der Waals surface area contributed by atoms with Gasteiger partial charge in [0.05, 0.1) is 5.69 Å². The van der Waals surface area contributed by atoms with Crippen LogP contribution in [0.3, 0.4) is 0 Å². The Labute approximate surface area is 161 Å². The number of hydrogen-bond donors (Lipinski definition) is 1. The van der Waals surface area contributed by atoms with Gasteiger partial charge in [-0.25, -0.2) is 13.8 Å². The summed E-state index contributed by atoms with van der Waals surface area (Å²) in [5, 5.41) is 2.86. The van der Waals surface area contributed by atoms with Crippen molar-refractivity contribution in [3.8, 4) is 0 Å². The summed E-state index contributed by atoms with van der Waals surface area (Å²) in [4.78, 5) is 23.2. The third kappa shape index (κ3) is 3.96. The van der Waals surface area contributed by atoms with Crippen LogP contribution in [0.5, 0.6) is 0 Å². The molecule has 0 spiro atoms. The summed E-state index contributed by atoms with van der Waals surface area (Å²) >= 11 is 0. The normalized spacial score (nSPS) is 18.0. The van der Waals surface area contributed by atoms with Gasteiger partial charge in [-0.05, 0) is 57.2 Å². The van der Waals surface area contributed by atoms with Crippen LogP contribution in [-0.4, -0.2) is 37.6 Å². The minimum atomic E-state index is -0.472. The minimum Gasteiger partial charge on any atom is -0.297 e. The molecule has 1 aliphatic rings. The van der Waals surface area contributed by atoms with E-state index in [9.17, 15) is 13.6 Å². The molecule has 0 saturated carbocycles. The molecule has 3 aromatic rings. The quantitative estimate of drug-likeness (QED) is 0.731. The molecule has 148 valence electrons. The Hall–Kier alpha value is -2.61. The standard InChI is InChI=1S/C20H23F2N5O/c1-13-23-20-24-15(10-19(28)27(20)25-13)12-26-9-3-4-14(11-26)7-8-16-17(21)5-2-6-18(16)22/h2,5-6,10,14H,3-4,7-9,11-12H2,1H3,(H,23,24,25)/t14-/m0/s1. The van der Waals surface area contributed by atoms with Crippen LogP contribution in [0.15, 0.2) is 29.1 Å². The first-order chi connectivity index (χ1) is 13.5. The van der Waals surface area contributed by atoms with Crippen LogP contribution in [0.1, 0.15) is 36.3 Å². The molecule has 4 rings (SSSR count). The van der Waals surface area contributed by atoms with Crippen LogP contribution < -0.4 is 5.56 Å². The van der Waals surface area contributed by atoms with E-state index in [0.29, 0.717) is 36.2 Å². The number of nitrogens with one attached hydrogen (secondary N) is 1. The van der Waals surface area contributed by atoms with Crippen molar-refractivity contribution >= 4 is 5.78 Å². The van der Waals surface area contributed by atoms with Gasteiger partial charge in [0.2, 0.25) is 0 Å². The summed E-state index contributed by atoms with van der Waals surface area (Å²) in [7, 11) is 0. The zero-order chi connectivity index (χ0) is 19.7. The van der Waals surface area contributed by atoms with Gasteiger partial charge in [-0.1, -0.05) is 6.07 Å². The molecule has 0 bridgehead atoms. The summed E-state index contributed by atoms with van der Waals surface area (Å²) < 4.78 is 29.0. The molecule has 1 saturated heterocycles. The van der Waals surface area contributed by atoms with Gasteiger partial charge in [0.25, 0.3) is 11.3 Å². The van der Waals surface area contributed by atoms with Crippen LogP contribution in [0.2, 0.25) is 0 Å². The summed E-state index contributed by atoms with van der Waals surface area (Å²) in [5.41, 5.74) is 0.690. The van der Waals surface area contributed by atoms with Gasteiger partial charge in [-0.3, -0.25) is 14.8 Å². The number of aromatic nitrogens is 4. The predicted octanol–water partition coefficient (Wildman–Crippen LogP) is 2.85. The van der Waals surface area contributed by atoms with E-state index in [0.717, 1.165) is 32.4 Å². The van der Waals surface area contributed by atoms with Gasteiger partial charge in [0, 0.05) is 24.7 Å². The Morgan fingerprint density at radius 3 is 2.82 bits per heavy atom. The second-order valence-electron chi connectivity index (χ2n) is 7.51. The lowest BCUT2D eigenvalue weighted by Gasteiger charge is -2.32. The number of likely N-dealkylation sites (tertiary alicyclic amines) is 1. The van der Waals surface area contributed by atoms with E-state index in [1.54, 1.807) is 6.92 Å². The van der Waals surface area contributed by atoms with Crippen molar-refractivity contribution < 1.29 is 8.78 Å². The van der Waals surface area contributed by atoms with Crippen molar-refractivity contribution in [1.29, 1.82) is 0 Å². The Morgan fingerprint density at radius 2 is 2.04 bits per heavy atom. The lowest BCUT2D eigenvalue weighted by Crippen LogP contribution is -2.35. The van der Waals surface area contributed by atoms with E-state index in [-0.39, 0.29) is 11.1 Å². The van der Waals surface area contributed by atoms with Crippen LogP contribution in [-0.2, 0) is 13.0 Å². The van der Waals surface area contributed by atoms with Crippen molar-refractivity contribution in [2.24, 2.45) is 5.92 Å². The highest BCUT2D eigenvalue weighted by Gasteiger charge is 2.22. The second-order valence-corrected chi connectivity index (χ2v) is 7.51. The van der Waals surface area contributed by atoms with Crippen molar-refractivity contribution in [2.75, 3.05) is 13.1 Å². The predicted molar refractivity (Wildman–Crippen MR) is 101 cm³/mol. The molecule has 1 aromatic carbocycles. The number of halogens is 2. The van der Waals surface area contributed by atoms with Crippen molar-refractivity contribution in [2.45, 2.75) is 39.2 Å². The monoisotopic (exact) mass is 387 g/mol. The maximum absolute atomic E-state index is 13.8. The van der Waals surface area contributed by atoms with Crippen LogP contribution >= 0.6 is 0 Å². The molecule has 6 nitrogen and oxygen atoms in total.